The van der Waals surface area contributed by atoms with E-state index in [9.17, 15) is 14.7 Å². The molecule has 0 aliphatic carbocycles. The Morgan fingerprint density at radius 3 is 2.85 bits per heavy atom. The van der Waals surface area contributed by atoms with Crippen LogP contribution in [-0.4, -0.2) is 34.5 Å². The number of rotatable bonds is 3. The number of amides is 1. The second kappa shape index (κ2) is 6.22. The zero-order chi connectivity index (χ0) is 14.7. The van der Waals surface area contributed by atoms with E-state index in [1.807, 2.05) is 25.3 Å². The number of aliphatic carboxylic acids is 1. The van der Waals surface area contributed by atoms with Crippen molar-refractivity contribution in [1.82, 2.24) is 4.90 Å². The number of hydrogen-bond acceptors (Lipinski definition) is 3. The van der Waals surface area contributed by atoms with Crippen molar-refractivity contribution in [1.29, 1.82) is 0 Å². The van der Waals surface area contributed by atoms with Crippen LogP contribution in [0.15, 0.2) is 17.5 Å². The molecule has 20 heavy (non-hydrogen) atoms. The third kappa shape index (κ3) is 3.28. The number of carboxylic acids is 1. The molecule has 4 nitrogen and oxygen atoms in total. The molecule has 2 rings (SSSR count). The number of carboxylic acid groups (broad SMARTS) is 1. The average Bonchev–Trinajstić information content (AvgIpc) is 2.81. The van der Waals surface area contributed by atoms with Crippen LogP contribution in [-0.2, 0) is 9.59 Å². The lowest BCUT2D eigenvalue weighted by molar-refractivity contribution is -0.151. The Morgan fingerprint density at radius 1 is 1.50 bits per heavy atom. The molecule has 1 aromatic rings. The number of piperidine rings is 1. The molecule has 1 N–H and O–H groups in total. The lowest BCUT2D eigenvalue weighted by Crippen LogP contribution is -2.49. The number of hydrogen-bond donors (Lipinski definition) is 1. The Hall–Kier alpha value is -1.62. The number of thiophene rings is 1. The van der Waals surface area contributed by atoms with Gasteiger partial charge < -0.3 is 10.0 Å². The molecular formula is C15H19NO3S. The number of carbonyl (C=O) groups excluding carboxylic acids is 1. The molecule has 2 atom stereocenters. The lowest BCUT2D eigenvalue weighted by Gasteiger charge is -2.35. The third-order valence-electron chi connectivity index (χ3n) is 3.71. The van der Waals surface area contributed by atoms with Crippen LogP contribution >= 0.6 is 11.3 Å². The van der Waals surface area contributed by atoms with Gasteiger partial charge in [-0.15, -0.1) is 11.3 Å². The fourth-order valence-electron chi connectivity index (χ4n) is 2.44. The van der Waals surface area contributed by atoms with Gasteiger partial charge in [0, 0.05) is 17.5 Å². The molecule has 0 bridgehead atoms. The maximum Gasteiger partial charge on any atom is 0.326 e. The van der Waals surface area contributed by atoms with Crippen LogP contribution in [0.25, 0.3) is 6.08 Å². The van der Waals surface area contributed by atoms with Crippen LogP contribution in [0.4, 0.5) is 0 Å². The maximum absolute atomic E-state index is 12.2. The Morgan fingerprint density at radius 2 is 2.25 bits per heavy atom. The van der Waals surface area contributed by atoms with Crippen LogP contribution in [0.3, 0.4) is 0 Å². The number of nitrogens with zero attached hydrogens (tertiary/aromatic N) is 1. The van der Waals surface area contributed by atoms with E-state index >= 15 is 0 Å². The van der Waals surface area contributed by atoms with Crippen LogP contribution in [0, 0.1) is 12.8 Å². The van der Waals surface area contributed by atoms with Gasteiger partial charge in [0.1, 0.15) is 6.04 Å². The smallest absolute Gasteiger partial charge is 0.326 e. The van der Waals surface area contributed by atoms with Crippen LogP contribution < -0.4 is 0 Å². The summed E-state index contributed by atoms with van der Waals surface area (Å²) in [6.45, 7) is 4.54. The molecular weight excluding hydrogens is 274 g/mol. The third-order valence-corrected chi connectivity index (χ3v) is 4.70. The SMILES string of the molecule is Cc1ccsc1/C=C/C(=O)N1CCC(C)CC1C(=O)O. The largest absolute Gasteiger partial charge is 0.480 e. The van der Waals surface area contributed by atoms with E-state index in [-0.39, 0.29) is 5.91 Å². The van der Waals surface area contributed by atoms with Gasteiger partial charge in [0.2, 0.25) is 5.91 Å². The predicted molar refractivity (Wildman–Crippen MR) is 79.6 cm³/mol. The second-order valence-corrected chi connectivity index (χ2v) is 6.26. The molecule has 1 amide bonds. The highest BCUT2D eigenvalue weighted by Crippen LogP contribution is 2.23. The first kappa shape index (κ1) is 14.8. The summed E-state index contributed by atoms with van der Waals surface area (Å²) in [5.74, 6) is -0.772. The van der Waals surface area contributed by atoms with Crippen molar-refractivity contribution in [3.05, 3.63) is 28.0 Å². The highest BCUT2D eigenvalue weighted by Gasteiger charge is 2.33. The Kier molecular flexibility index (Phi) is 4.60. The summed E-state index contributed by atoms with van der Waals surface area (Å²) in [5.41, 5.74) is 1.13. The zero-order valence-corrected chi connectivity index (χ0v) is 12.5. The van der Waals surface area contributed by atoms with E-state index in [0.29, 0.717) is 18.9 Å². The van der Waals surface area contributed by atoms with E-state index in [1.54, 1.807) is 17.4 Å². The maximum atomic E-state index is 12.2. The van der Waals surface area contributed by atoms with E-state index in [1.165, 1.54) is 11.0 Å². The van der Waals surface area contributed by atoms with Gasteiger partial charge in [0.15, 0.2) is 0 Å². The highest BCUT2D eigenvalue weighted by atomic mass is 32.1. The van der Waals surface area contributed by atoms with E-state index in [0.717, 1.165) is 16.9 Å². The van der Waals surface area contributed by atoms with Crippen LogP contribution in [0.1, 0.15) is 30.2 Å². The second-order valence-electron chi connectivity index (χ2n) is 5.32. The van der Waals surface area contributed by atoms with Crippen molar-refractivity contribution >= 4 is 29.3 Å². The fourth-order valence-corrected chi connectivity index (χ4v) is 3.26. The number of carbonyl (C=O) groups is 2. The summed E-state index contributed by atoms with van der Waals surface area (Å²) in [4.78, 5) is 26.0. The molecule has 108 valence electrons. The zero-order valence-electron chi connectivity index (χ0n) is 11.7. The van der Waals surface area contributed by atoms with E-state index in [4.69, 9.17) is 0 Å². The van der Waals surface area contributed by atoms with Gasteiger partial charge in [0.05, 0.1) is 0 Å². The Balaban J connectivity index is 2.09. The van der Waals surface area contributed by atoms with Crippen molar-refractivity contribution in [2.75, 3.05) is 6.54 Å². The molecule has 2 heterocycles. The van der Waals surface area contributed by atoms with Crippen molar-refractivity contribution in [3.8, 4) is 0 Å². The van der Waals surface area contributed by atoms with E-state index in [2.05, 4.69) is 0 Å². The minimum Gasteiger partial charge on any atom is -0.480 e. The quantitative estimate of drug-likeness (QED) is 0.872. The number of aryl methyl sites for hydroxylation is 1. The molecule has 1 fully saturated rings. The first-order valence-corrected chi connectivity index (χ1v) is 7.62. The van der Waals surface area contributed by atoms with Crippen LogP contribution in [0.2, 0.25) is 0 Å². The molecule has 2 unspecified atom stereocenters. The molecule has 0 radical (unpaired) electrons. The molecule has 1 saturated heterocycles. The monoisotopic (exact) mass is 293 g/mol. The topological polar surface area (TPSA) is 57.6 Å². The molecule has 0 aromatic carbocycles. The van der Waals surface area contributed by atoms with Gasteiger partial charge in [0.25, 0.3) is 0 Å². The predicted octanol–water partition coefficient (Wildman–Crippen LogP) is 2.78. The van der Waals surface area contributed by atoms with Gasteiger partial charge in [-0.1, -0.05) is 6.92 Å². The minimum atomic E-state index is -0.911. The first-order chi connectivity index (χ1) is 9.49. The Bertz CT molecular complexity index is 535. The summed E-state index contributed by atoms with van der Waals surface area (Å²) in [7, 11) is 0. The van der Waals surface area contributed by atoms with Gasteiger partial charge in [-0.2, -0.15) is 0 Å². The molecule has 0 spiro atoms. The minimum absolute atomic E-state index is 0.211. The molecule has 5 heteroatoms. The van der Waals surface area contributed by atoms with Crippen LogP contribution in [0.5, 0.6) is 0 Å². The molecule has 1 aliphatic rings. The summed E-state index contributed by atoms with van der Waals surface area (Å²) in [6.07, 6.45) is 4.67. The molecule has 1 aromatic heterocycles. The normalized spacial score (nSPS) is 23.2. The first-order valence-electron chi connectivity index (χ1n) is 6.74. The summed E-state index contributed by atoms with van der Waals surface area (Å²) in [5, 5.41) is 11.2. The standard InChI is InChI=1S/C15H19NO3S/c1-10-5-7-16(12(9-10)15(18)19)14(17)4-3-13-11(2)6-8-20-13/h3-4,6,8,10,12H,5,7,9H2,1-2H3,(H,18,19)/b4-3+. The van der Waals surface area contributed by atoms with Crippen molar-refractivity contribution in [2.45, 2.75) is 32.7 Å². The average molecular weight is 293 g/mol. The number of likely N-dealkylation sites (tertiary alicyclic amines) is 1. The van der Waals surface area contributed by atoms with Gasteiger partial charge in [-0.3, -0.25) is 4.79 Å². The van der Waals surface area contributed by atoms with Gasteiger partial charge in [-0.05, 0) is 48.8 Å². The van der Waals surface area contributed by atoms with Crippen molar-refractivity contribution in [3.63, 3.8) is 0 Å². The van der Waals surface area contributed by atoms with Crippen molar-refractivity contribution < 1.29 is 14.7 Å². The highest BCUT2D eigenvalue weighted by molar-refractivity contribution is 7.11. The molecule has 1 aliphatic heterocycles. The molecule has 0 saturated carbocycles. The van der Waals surface area contributed by atoms with Gasteiger partial charge in [-0.25, -0.2) is 4.79 Å². The Labute approximate surface area is 122 Å². The summed E-state index contributed by atoms with van der Waals surface area (Å²) in [6, 6.07) is 1.30. The summed E-state index contributed by atoms with van der Waals surface area (Å²) >= 11 is 1.57. The fraction of sp³-hybridized carbons (Fsp3) is 0.467. The lowest BCUT2D eigenvalue weighted by atomic mass is 9.92. The summed E-state index contributed by atoms with van der Waals surface area (Å²) < 4.78 is 0. The van der Waals surface area contributed by atoms with E-state index < -0.39 is 12.0 Å². The van der Waals surface area contributed by atoms with Gasteiger partial charge >= 0.3 is 5.97 Å². The van der Waals surface area contributed by atoms with Crippen molar-refractivity contribution in [2.24, 2.45) is 5.92 Å².